The van der Waals surface area contributed by atoms with Gasteiger partial charge in [-0.05, 0) is 49.4 Å². The Morgan fingerprint density at radius 1 is 0.571 bits per heavy atom. The van der Waals surface area contributed by atoms with Crippen molar-refractivity contribution in [3.8, 4) is 0 Å². The molecule has 0 bridgehead atoms. The summed E-state index contributed by atoms with van der Waals surface area (Å²) < 4.78 is 0. The van der Waals surface area contributed by atoms with Gasteiger partial charge in [-0.25, -0.2) is 0 Å². The van der Waals surface area contributed by atoms with Crippen molar-refractivity contribution in [1.29, 1.82) is 0 Å². The average molecular weight is 511 g/mol. The third-order valence-corrected chi connectivity index (χ3v) is 9.20. The number of carbonyl (C=O) groups is 3. The molecule has 186 valence electrons. The van der Waals surface area contributed by atoms with Gasteiger partial charge in [0.15, 0.2) is 0 Å². The van der Waals surface area contributed by atoms with Crippen LogP contribution >= 0.6 is 21.6 Å². The van der Waals surface area contributed by atoms with Crippen LogP contribution in [0.1, 0.15) is 88.0 Å². The van der Waals surface area contributed by atoms with E-state index >= 15 is 0 Å². The van der Waals surface area contributed by atoms with E-state index < -0.39 is 0 Å². The van der Waals surface area contributed by atoms with Gasteiger partial charge in [-0.15, -0.1) is 0 Å². The summed E-state index contributed by atoms with van der Waals surface area (Å²) in [7, 11) is 3.91. The third kappa shape index (κ3) is 6.70. The minimum atomic E-state index is -0.146. The fourth-order valence-corrected chi connectivity index (χ4v) is 6.95. The molecule has 4 rings (SSSR count). The first-order valence-electron chi connectivity index (χ1n) is 12.7. The Bertz CT molecular complexity index is 1010. The number of hydrogen-bond donors (Lipinski definition) is 0. The minimum Gasteiger partial charge on any atom is -0.334 e. The molecule has 0 saturated heterocycles. The van der Waals surface area contributed by atoms with Gasteiger partial charge in [0, 0.05) is 36.7 Å². The van der Waals surface area contributed by atoms with Crippen molar-refractivity contribution in [2.45, 2.75) is 57.9 Å². The molecule has 0 N–H and O–H groups in total. The highest BCUT2D eigenvalue weighted by Gasteiger charge is 2.34. The molecule has 2 aliphatic heterocycles. The molecule has 0 unspecified atom stereocenters. The van der Waals surface area contributed by atoms with Crippen molar-refractivity contribution in [2.75, 3.05) is 24.6 Å². The van der Waals surface area contributed by atoms with Crippen LogP contribution in [0.4, 0.5) is 0 Å². The van der Waals surface area contributed by atoms with Gasteiger partial charge in [-0.2, -0.15) is 0 Å². The molecule has 0 aromatic heterocycles. The van der Waals surface area contributed by atoms with Gasteiger partial charge in [0.05, 0.1) is 11.1 Å². The predicted molar refractivity (Wildman–Crippen MR) is 145 cm³/mol. The van der Waals surface area contributed by atoms with Gasteiger partial charge in [-0.3, -0.25) is 19.3 Å². The lowest BCUT2D eigenvalue weighted by Gasteiger charge is -2.15. The molecular weight excluding hydrogens is 476 g/mol. The summed E-state index contributed by atoms with van der Waals surface area (Å²) in [6.45, 7) is 2.15. The maximum atomic E-state index is 12.4. The monoisotopic (exact) mass is 510 g/mol. The molecule has 5 nitrogen and oxygen atoms in total. The molecule has 2 heterocycles. The Hall–Kier alpha value is -2.25. The van der Waals surface area contributed by atoms with E-state index in [0.717, 1.165) is 55.7 Å². The first-order chi connectivity index (χ1) is 17.2. The summed E-state index contributed by atoms with van der Waals surface area (Å²) in [6.07, 6.45) is 8.94. The summed E-state index contributed by atoms with van der Waals surface area (Å²) in [4.78, 5) is 40.5. The molecule has 3 amide bonds. The van der Waals surface area contributed by atoms with E-state index in [-0.39, 0.29) is 17.7 Å². The lowest BCUT2D eigenvalue weighted by Crippen LogP contribution is -2.30. The van der Waals surface area contributed by atoms with Crippen LogP contribution in [0.15, 0.2) is 48.5 Å². The van der Waals surface area contributed by atoms with Crippen molar-refractivity contribution in [2.24, 2.45) is 0 Å². The minimum absolute atomic E-state index is 0.146. The van der Waals surface area contributed by atoms with Crippen molar-refractivity contribution in [3.63, 3.8) is 0 Å². The van der Waals surface area contributed by atoms with Crippen LogP contribution in [0.25, 0.3) is 0 Å². The highest BCUT2D eigenvalue weighted by Crippen LogP contribution is 2.26. The summed E-state index contributed by atoms with van der Waals surface area (Å²) in [5.74, 6) is 2.23. The Balaban J connectivity index is 0.939. The number of nitrogens with zero attached hydrogens (tertiary/aromatic N) is 2. The van der Waals surface area contributed by atoms with Crippen LogP contribution < -0.4 is 0 Å². The highest BCUT2D eigenvalue weighted by atomic mass is 33.1. The Morgan fingerprint density at radius 3 is 1.69 bits per heavy atom. The SMILES string of the molecule is O=C1c2ccccc2CN1CCCCCCSSCCCCCCN1C(=O)c2ccccc2C1=O. The molecule has 0 fully saturated rings. The van der Waals surface area contributed by atoms with Gasteiger partial charge < -0.3 is 4.90 Å². The zero-order chi connectivity index (χ0) is 24.5. The molecule has 2 aliphatic rings. The van der Waals surface area contributed by atoms with E-state index in [1.165, 1.54) is 36.3 Å². The van der Waals surface area contributed by atoms with E-state index in [2.05, 4.69) is 6.07 Å². The summed E-state index contributed by atoms with van der Waals surface area (Å²) >= 11 is 0. The Labute approximate surface area is 216 Å². The first-order valence-corrected chi connectivity index (χ1v) is 15.2. The zero-order valence-corrected chi connectivity index (χ0v) is 21.9. The van der Waals surface area contributed by atoms with Gasteiger partial charge >= 0.3 is 0 Å². The van der Waals surface area contributed by atoms with Gasteiger partial charge in [0.1, 0.15) is 0 Å². The van der Waals surface area contributed by atoms with E-state index in [1.807, 2.05) is 44.7 Å². The van der Waals surface area contributed by atoms with E-state index in [1.54, 1.807) is 24.3 Å². The van der Waals surface area contributed by atoms with Crippen LogP contribution in [-0.2, 0) is 6.54 Å². The number of amides is 3. The standard InChI is InChI=1S/C28H34N2O3S2/c31-26-23-14-6-5-13-22(23)21-29(26)17-9-1-3-11-19-34-35-20-12-4-2-10-18-30-27(32)24-15-7-8-16-25(24)28(30)33/h5-8,13-16H,1-4,9-12,17-21H2. The molecule has 7 heteroatoms. The number of rotatable bonds is 15. The van der Waals surface area contributed by atoms with Gasteiger partial charge in [0.25, 0.3) is 17.7 Å². The number of fused-ring (bicyclic) bond motifs is 2. The van der Waals surface area contributed by atoms with E-state index in [9.17, 15) is 14.4 Å². The predicted octanol–water partition coefficient (Wildman–Crippen LogP) is 6.44. The van der Waals surface area contributed by atoms with Crippen molar-refractivity contribution < 1.29 is 14.4 Å². The smallest absolute Gasteiger partial charge is 0.261 e. The average Bonchev–Trinajstić information content (AvgIpc) is 3.33. The molecule has 2 aromatic rings. The lowest BCUT2D eigenvalue weighted by molar-refractivity contribution is 0.0650. The maximum Gasteiger partial charge on any atom is 0.261 e. The molecule has 0 spiro atoms. The second-order valence-electron chi connectivity index (χ2n) is 9.16. The van der Waals surface area contributed by atoms with Crippen LogP contribution in [0, 0.1) is 0 Å². The van der Waals surface area contributed by atoms with Crippen LogP contribution in [0.2, 0.25) is 0 Å². The van der Waals surface area contributed by atoms with Crippen molar-refractivity contribution in [1.82, 2.24) is 9.80 Å². The maximum absolute atomic E-state index is 12.4. The molecule has 35 heavy (non-hydrogen) atoms. The second kappa shape index (κ2) is 13.2. The summed E-state index contributed by atoms with van der Waals surface area (Å²) in [6, 6.07) is 15.0. The molecule has 0 atom stereocenters. The number of hydrogen-bond acceptors (Lipinski definition) is 5. The summed E-state index contributed by atoms with van der Waals surface area (Å²) in [5, 5.41) is 0. The largest absolute Gasteiger partial charge is 0.334 e. The van der Waals surface area contributed by atoms with Gasteiger partial charge in [0.2, 0.25) is 0 Å². The fraction of sp³-hybridized carbons (Fsp3) is 0.464. The zero-order valence-electron chi connectivity index (χ0n) is 20.2. The normalized spacial score (nSPS) is 14.7. The molecule has 2 aromatic carbocycles. The topological polar surface area (TPSA) is 57.7 Å². The molecule has 0 saturated carbocycles. The quantitative estimate of drug-likeness (QED) is 0.157. The summed E-state index contributed by atoms with van der Waals surface area (Å²) in [5.41, 5.74) is 3.12. The third-order valence-electron chi connectivity index (χ3n) is 6.62. The van der Waals surface area contributed by atoms with E-state index in [0.29, 0.717) is 17.7 Å². The lowest BCUT2D eigenvalue weighted by atomic mass is 10.1. The number of unbranched alkanes of at least 4 members (excludes halogenated alkanes) is 6. The molecule has 0 radical (unpaired) electrons. The molecular formula is C28H34N2O3S2. The van der Waals surface area contributed by atoms with Crippen molar-refractivity contribution >= 4 is 39.3 Å². The fourth-order valence-electron chi connectivity index (χ4n) is 4.66. The number of imide groups is 1. The van der Waals surface area contributed by atoms with Crippen molar-refractivity contribution in [3.05, 3.63) is 70.8 Å². The van der Waals surface area contributed by atoms with Crippen LogP contribution in [0.5, 0.6) is 0 Å². The highest BCUT2D eigenvalue weighted by molar-refractivity contribution is 8.76. The molecule has 0 aliphatic carbocycles. The van der Waals surface area contributed by atoms with Crippen LogP contribution in [-0.4, -0.2) is 52.1 Å². The first kappa shape index (κ1) is 25.8. The van der Waals surface area contributed by atoms with Gasteiger partial charge in [-0.1, -0.05) is 77.6 Å². The van der Waals surface area contributed by atoms with Crippen LogP contribution in [0.3, 0.4) is 0 Å². The Kier molecular flexibility index (Phi) is 9.72. The van der Waals surface area contributed by atoms with E-state index in [4.69, 9.17) is 0 Å². The Morgan fingerprint density at radius 2 is 1.09 bits per heavy atom. The number of carbonyl (C=O) groups excluding carboxylic acids is 3. The second-order valence-corrected chi connectivity index (χ2v) is 11.9. The number of benzene rings is 2.